The van der Waals surface area contributed by atoms with Gasteiger partial charge in [0, 0.05) is 0 Å². The summed E-state index contributed by atoms with van der Waals surface area (Å²) in [6.07, 6.45) is 1.37. The molecule has 2 rings (SSSR count). The molecule has 0 aliphatic carbocycles. The molecule has 0 spiro atoms. The van der Waals surface area contributed by atoms with Gasteiger partial charge in [-0.2, -0.15) is 0 Å². The average molecular weight is 328 g/mol. The fourth-order valence-electron chi connectivity index (χ4n) is 1.49. The second kappa shape index (κ2) is 7.15. The number of carbonyl (C=O) groups excluding carboxylic acids is 2. The topological polar surface area (TPSA) is 68.5 Å². The Balaban J connectivity index is 1.77. The van der Waals surface area contributed by atoms with Gasteiger partial charge in [0.15, 0.2) is 5.76 Å². The summed E-state index contributed by atoms with van der Waals surface area (Å²) >= 11 is 11.6. The van der Waals surface area contributed by atoms with E-state index in [-0.39, 0.29) is 18.9 Å². The Hall–Kier alpha value is -1.98. The molecule has 2 aromatic rings. The van der Waals surface area contributed by atoms with Crippen LogP contribution < -0.4 is 5.32 Å². The minimum atomic E-state index is -0.569. The van der Waals surface area contributed by atoms with Crippen molar-refractivity contribution in [2.75, 3.05) is 6.54 Å². The van der Waals surface area contributed by atoms with Crippen molar-refractivity contribution < 1.29 is 18.7 Å². The lowest BCUT2D eigenvalue weighted by atomic mass is 10.2. The van der Waals surface area contributed by atoms with Crippen molar-refractivity contribution >= 4 is 35.1 Å². The predicted molar refractivity (Wildman–Crippen MR) is 77.3 cm³/mol. The van der Waals surface area contributed by atoms with Gasteiger partial charge in [-0.25, -0.2) is 0 Å². The van der Waals surface area contributed by atoms with Crippen LogP contribution in [-0.4, -0.2) is 18.4 Å². The SMILES string of the molecule is O=C(CNC(=O)c1ccco1)OCc1ccc(Cl)c(Cl)c1. The third-order valence-electron chi connectivity index (χ3n) is 2.52. The number of furan rings is 1. The number of hydrogen-bond acceptors (Lipinski definition) is 4. The first-order valence-corrected chi connectivity index (χ1v) is 6.73. The molecular formula is C14H11Cl2NO4. The molecule has 110 valence electrons. The number of benzene rings is 1. The maximum atomic E-state index is 11.5. The fraction of sp³-hybridized carbons (Fsp3) is 0.143. The van der Waals surface area contributed by atoms with E-state index in [1.54, 1.807) is 24.3 Å². The molecule has 1 amide bonds. The second-order valence-electron chi connectivity index (χ2n) is 4.07. The van der Waals surface area contributed by atoms with Crippen molar-refractivity contribution in [3.05, 3.63) is 58.0 Å². The van der Waals surface area contributed by atoms with Crippen LogP contribution in [0.25, 0.3) is 0 Å². The van der Waals surface area contributed by atoms with Gasteiger partial charge in [0.25, 0.3) is 5.91 Å². The van der Waals surface area contributed by atoms with Crippen LogP contribution in [0.3, 0.4) is 0 Å². The van der Waals surface area contributed by atoms with E-state index in [4.69, 9.17) is 32.4 Å². The maximum absolute atomic E-state index is 11.5. The lowest BCUT2D eigenvalue weighted by molar-refractivity contribution is -0.143. The summed E-state index contributed by atoms with van der Waals surface area (Å²) in [5, 5.41) is 3.20. The summed E-state index contributed by atoms with van der Waals surface area (Å²) in [4.78, 5) is 23.0. The molecule has 1 aromatic heterocycles. The smallest absolute Gasteiger partial charge is 0.325 e. The number of halogens is 2. The van der Waals surface area contributed by atoms with Gasteiger partial charge in [0.1, 0.15) is 13.2 Å². The number of ether oxygens (including phenoxy) is 1. The minimum absolute atomic E-state index is 0.0480. The van der Waals surface area contributed by atoms with E-state index in [9.17, 15) is 9.59 Å². The summed E-state index contributed by atoms with van der Waals surface area (Å²) in [5.41, 5.74) is 0.704. The Morgan fingerprint density at radius 3 is 2.67 bits per heavy atom. The molecule has 0 atom stereocenters. The van der Waals surface area contributed by atoms with Crippen LogP contribution in [0.5, 0.6) is 0 Å². The molecule has 21 heavy (non-hydrogen) atoms. The Morgan fingerprint density at radius 2 is 2.00 bits per heavy atom. The molecule has 0 fully saturated rings. The molecular weight excluding hydrogens is 317 g/mol. The molecule has 0 saturated carbocycles. The van der Waals surface area contributed by atoms with Crippen molar-refractivity contribution in [1.82, 2.24) is 5.32 Å². The van der Waals surface area contributed by atoms with Gasteiger partial charge in [0.05, 0.1) is 16.3 Å². The number of carbonyl (C=O) groups is 2. The van der Waals surface area contributed by atoms with E-state index in [0.29, 0.717) is 15.6 Å². The zero-order valence-electron chi connectivity index (χ0n) is 10.8. The van der Waals surface area contributed by atoms with E-state index in [2.05, 4.69) is 5.32 Å². The van der Waals surface area contributed by atoms with E-state index in [1.165, 1.54) is 12.3 Å². The number of amides is 1. The van der Waals surface area contributed by atoms with Gasteiger partial charge >= 0.3 is 5.97 Å². The molecule has 0 unspecified atom stereocenters. The highest BCUT2D eigenvalue weighted by atomic mass is 35.5. The first-order chi connectivity index (χ1) is 10.1. The number of esters is 1. The van der Waals surface area contributed by atoms with Crippen LogP contribution in [0, 0.1) is 0 Å². The molecule has 0 radical (unpaired) electrons. The van der Waals surface area contributed by atoms with Crippen molar-refractivity contribution in [2.45, 2.75) is 6.61 Å². The number of hydrogen-bond donors (Lipinski definition) is 1. The van der Waals surface area contributed by atoms with Crippen LogP contribution in [0.4, 0.5) is 0 Å². The molecule has 0 aliphatic rings. The van der Waals surface area contributed by atoms with Gasteiger partial charge in [-0.15, -0.1) is 0 Å². The van der Waals surface area contributed by atoms with Crippen LogP contribution in [-0.2, 0) is 16.1 Å². The third kappa shape index (κ3) is 4.51. The first kappa shape index (κ1) is 15.4. The average Bonchev–Trinajstić information content (AvgIpc) is 3.00. The Labute approximate surface area is 130 Å². The van der Waals surface area contributed by atoms with Crippen molar-refractivity contribution in [3.63, 3.8) is 0 Å². The van der Waals surface area contributed by atoms with Gasteiger partial charge in [0.2, 0.25) is 0 Å². The van der Waals surface area contributed by atoms with Gasteiger partial charge in [-0.3, -0.25) is 9.59 Å². The highest BCUT2D eigenvalue weighted by molar-refractivity contribution is 6.42. The second-order valence-corrected chi connectivity index (χ2v) is 4.88. The summed E-state index contributed by atoms with van der Waals surface area (Å²) < 4.78 is 9.89. The summed E-state index contributed by atoms with van der Waals surface area (Å²) in [5.74, 6) is -0.917. The third-order valence-corrected chi connectivity index (χ3v) is 3.26. The van der Waals surface area contributed by atoms with Crippen LogP contribution in [0.1, 0.15) is 16.1 Å². The van der Waals surface area contributed by atoms with Crippen molar-refractivity contribution in [2.24, 2.45) is 0 Å². The highest BCUT2D eigenvalue weighted by Gasteiger charge is 2.11. The highest BCUT2D eigenvalue weighted by Crippen LogP contribution is 2.22. The van der Waals surface area contributed by atoms with Crippen molar-refractivity contribution in [1.29, 1.82) is 0 Å². The normalized spacial score (nSPS) is 10.2. The van der Waals surface area contributed by atoms with E-state index < -0.39 is 11.9 Å². The summed E-state index contributed by atoms with van der Waals surface area (Å²) in [7, 11) is 0. The van der Waals surface area contributed by atoms with E-state index in [1.807, 2.05) is 0 Å². The van der Waals surface area contributed by atoms with Crippen LogP contribution in [0.2, 0.25) is 10.0 Å². The standard InChI is InChI=1S/C14H11Cl2NO4/c15-10-4-3-9(6-11(10)16)8-21-13(18)7-17-14(19)12-2-1-5-20-12/h1-6H,7-8H2,(H,17,19). The maximum Gasteiger partial charge on any atom is 0.325 e. The Bertz CT molecular complexity index is 640. The Kier molecular flexibility index (Phi) is 5.25. The zero-order valence-corrected chi connectivity index (χ0v) is 12.3. The fourth-order valence-corrected chi connectivity index (χ4v) is 1.81. The van der Waals surface area contributed by atoms with Gasteiger partial charge in [-0.05, 0) is 29.8 Å². The van der Waals surface area contributed by atoms with Gasteiger partial charge < -0.3 is 14.5 Å². The molecule has 0 bridgehead atoms. The van der Waals surface area contributed by atoms with Crippen molar-refractivity contribution in [3.8, 4) is 0 Å². The predicted octanol–water partition coefficient (Wildman–Crippen LogP) is 3.06. The van der Waals surface area contributed by atoms with Crippen LogP contribution in [0.15, 0.2) is 41.0 Å². The lowest BCUT2D eigenvalue weighted by Crippen LogP contribution is -2.30. The molecule has 0 aliphatic heterocycles. The quantitative estimate of drug-likeness (QED) is 0.857. The number of nitrogens with one attached hydrogen (secondary N) is 1. The molecule has 1 aromatic carbocycles. The van der Waals surface area contributed by atoms with E-state index in [0.717, 1.165) is 0 Å². The minimum Gasteiger partial charge on any atom is -0.460 e. The molecule has 7 heteroatoms. The lowest BCUT2D eigenvalue weighted by Gasteiger charge is -2.06. The molecule has 5 nitrogen and oxygen atoms in total. The number of rotatable bonds is 5. The van der Waals surface area contributed by atoms with E-state index >= 15 is 0 Å². The zero-order chi connectivity index (χ0) is 15.2. The first-order valence-electron chi connectivity index (χ1n) is 5.97. The summed E-state index contributed by atoms with van der Waals surface area (Å²) in [6, 6.07) is 8.00. The Morgan fingerprint density at radius 1 is 1.19 bits per heavy atom. The molecule has 1 heterocycles. The van der Waals surface area contributed by atoms with Crippen LogP contribution >= 0.6 is 23.2 Å². The molecule has 1 N–H and O–H groups in total. The monoisotopic (exact) mass is 327 g/mol. The van der Waals surface area contributed by atoms with Gasteiger partial charge in [-0.1, -0.05) is 29.3 Å². The molecule has 0 saturated heterocycles. The summed E-state index contributed by atoms with van der Waals surface area (Å²) in [6.45, 7) is -0.201. The largest absolute Gasteiger partial charge is 0.460 e.